The molecule has 3 aromatic heterocycles. The third-order valence-corrected chi connectivity index (χ3v) is 5.03. The van der Waals surface area contributed by atoms with E-state index in [1.54, 1.807) is 36.6 Å². The number of fused-ring (bicyclic) bond motifs is 1. The van der Waals surface area contributed by atoms with Crippen molar-refractivity contribution in [2.75, 3.05) is 12.8 Å². The van der Waals surface area contributed by atoms with E-state index >= 15 is 0 Å². The predicted octanol–water partition coefficient (Wildman–Crippen LogP) is 3.07. The lowest BCUT2D eigenvalue weighted by Crippen LogP contribution is -2.28. The number of aryl methyl sites for hydroxylation is 2. The summed E-state index contributed by atoms with van der Waals surface area (Å²) in [7, 11) is 1.78. The summed E-state index contributed by atoms with van der Waals surface area (Å²) >= 11 is 0. The van der Waals surface area contributed by atoms with Crippen molar-refractivity contribution in [1.82, 2.24) is 29.4 Å². The van der Waals surface area contributed by atoms with E-state index in [4.69, 9.17) is 10.7 Å². The van der Waals surface area contributed by atoms with E-state index < -0.39 is 0 Å². The van der Waals surface area contributed by atoms with Crippen LogP contribution in [-0.2, 0) is 13.1 Å². The van der Waals surface area contributed by atoms with Gasteiger partial charge in [-0.05, 0) is 31.5 Å². The number of hydrogen-bond donors (Lipinski definition) is 1. The number of imidazole rings is 1. The van der Waals surface area contributed by atoms with Gasteiger partial charge in [0.05, 0.1) is 23.3 Å². The molecule has 0 atom stereocenters. The first kappa shape index (κ1) is 19.5. The molecule has 4 aromatic rings. The second-order valence-electron chi connectivity index (χ2n) is 7.20. The van der Waals surface area contributed by atoms with E-state index in [1.165, 1.54) is 0 Å². The SMILES string of the molecule is CCn1ccnc1CN(C)C(=O)c1cc(-c2cnc(N)nc2)nc2cc(C)ccc12. The molecule has 8 heteroatoms. The Bertz CT molecular complexity index is 1210. The van der Waals surface area contributed by atoms with Gasteiger partial charge in [0, 0.05) is 49.3 Å². The van der Waals surface area contributed by atoms with Gasteiger partial charge in [-0.15, -0.1) is 0 Å². The Morgan fingerprint density at radius 1 is 1.17 bits per heavy atom. The number of anilines is 1. The zero-order valence-electron chi connectivity index (χ0n) is 17.2. The molecule has 8 nitrogen and oxygen atoms in total. The second kappa shape index (κ2) is 7.90. The van der Waals surface area contributed by atoms with Crippen molar-refractivity contribution in [2.24, 2.45) is 0 Å². The lowest BCUT2D eigenvalue weighted by atomic mass is 10.0. The Morgan fingerprint density at radius 3 is 2.67 bits per heavy atom. The van der Waals surface area contributed by atoms with E-state index in [1.807, 2.05) is 42.8 Å². The molecule has 3 heterocycles. The quantitative estimate of drug-likeness (QED) is 0.551. The van der Waals surface area contributed by atoms with E-state index in [9.17, 15) is 4.79 Å². The molecule has 0 aliphatic carbocycles. The van der Waals surface area contributed by atoms with E-state index in [0.717, 1.165) is 28.8 Å². The van der Waals surface area contributed by atoms with Crippen LogP contribution in [0.5, 0.6) is 0 Å². The first-order chi connectivity index (χ1) is 14.5. The minimum absolute atomic E-state index is 0.102. The second-order valence-corrected chi connectivity index (χ2v) is 7.20. The van der Waals surface area contributed by atoms with Gasteiger partial charge >= 0.3 is 0 Å². The number of nitrogen functional groups attached to an aromatic ring is 1. The summed E-state index contributed by atoms with van der Waals surface area (Å²) in [6.07, 6.45) is 6.89. The summed E-state index contributed by atoms with van der Waals surface area (Å²) in [4.78, 5) is 32.3. The zero-order valence-corrected chi connectivity index (χ0v) is 17.2. The van der Waals surface area contributed by atoms with Crippen molar-refractivity contribution >= 4 is 22.8 Å². The Hall–Kier alpha value is -3.81. The van der Waals surface area contributed by atoms with Crippen LogP contribution in [0.25, 0.3) is 22.2 Å². The first-order valence-corrected chi connectivity index (χ1v) is 9.71. The summed E-state index contributed by atoms with van der Waals surface area (Å²) in [5.74, 6) is 0.932. The molecule has 4 rings (SSSR count). The molecule has 1 amide bonds. The van der Waals surface area contributed by atoms with Gasteiger partial charge in [-0.2, -0.15) is 0 Å². The average molecular weight is 401 g/mol. The molecule has 0 saturated carbocycles. The Balaban J connectivity index is 1.78. The van der Waals surface area contributed by atoms with E-state index in [2.05, 4.69) is 15.0 Å². The van der Waals surface area contributed by atoms with Gasteiger partial charge in [0.25, 0.3) is 5.91 Å². The monoisotopic (exact) mass is 401 g/mol. The maximum atomic E-state index is 13.4. The van der Waals surface area contributed by atoms with Gasteiger partial charge in [-0.3, -0.25) is 4.79 Å². The van der Waals surface area contributed by atoms with Crippen LogP contribution < -0.4 is 5.73 Å². The molecule has 2 N–H and O–H groups in total. The highest BCUT2D eigenvalue weighted by Crippen LogP contribution is 2.26. The standard InChI is InChI=1S/C22H23N7O/c1-4-29-8-7-24-20(29)13-28(3)21(30)17-10-18(15-11-25-22(23)26-12-15)27-19-9-14(2)5-6-16(17)19/h5-12H,4,13H2,1-3H3,(H2,23,25,26). The summed E-state index contributed by atoms with van der Waals surface area (Å²) in [5, 5.41) is 0.802. The topological polar surface area (TPSA) is 103 Å². The predicted molar refractivity (Wildman–Crippen MR) is 116 cm³/mol. The number of nitrogens with zero attached hydrogens (tertiary/aromatic N) is 6. The first-order valence-electron chi connectivity index (χ1n) is 9.71. The smallest absolute Gasteiger partial charge is 0.254 e. The van der Waals surface area contributed by atoms with Crippen LogP contribution in [0.2, 0.25) is 0 Å². The Kier molecular flexibility index (Phi) is 5.14. The van der Waals surface area contributed by atoms with Crippen LogP contribution in [-0.4, -0.2) is 42.4 Å². The third kappa shape index (κ3) is 3.71. The zero-order chi connectivity index (χ0) is 21.3. The van der Waals surface area contributed by atoms with Gasteiger partial charge in [0.1, 0.15) is 5.82 Å². The Morgan fingerprint density at radius 2 is 1.93 bits per heavy atom. The molecule has 0 unspecified atom stereocenters. The molecule has 1 aromatic carbocycles. The maximum Gasteiger partial charge on any atom is 0.254 e. The molecule has 0 fully saturated rings. The van der Waals surface area contributed by atoms with Crippen LogP contribution in [0.4, 0.5) is 5.95 Å². The van der Waals surface area contributed by atoms with Gasteiger partial charge < -0.3 is 15.2 Å². The highest BCUT2D eigenvalue weighted by molar-refractivity contribution is 6.07. The minimum atomic E-state index is -0.102. The van der Waals surface area contributed by atoms with E-state index in [0.29, 0.717) is 23.4 Å². The van der Waals surface area contributed by atoms with Crippen LogP contribution in [0.15, 0.2) is 49.1 Å². The fraction of sp³-hybridized carbons (Fsp3) is 0.227. The molecule has 0 aliphatic heterocycles. The van der Waals surface area contributed by atoms with Crippen molar-refractivity contribution in [2.45, 2.75) is 26.9 Å². The minimum Gasteiger partial charge on any atom is -0.368 e. The van der Waals surface area contributed by atoms with Crippen molar-refractivity contribution in [3.63, 3.8) is 0 Å². The molecule has 0 saturated heterocycles. The number of nitrogens with two attached hydrogens (primary N) is 1. The van der Waals surface area contributed by atoms with Crippen molar-refractivity contribution in [3.8, 4) is 11.3 Å². The highest BCUT2D eigenvalue weighted by atomic mass is 16.2. The normalized spacial score (nSPS) is 11.0. The molecular weight excluding hydrogens is 378 g/mol. The lowest BCUT2D eigenvalue weighted by Gasteiger charge is -2.19. The fourth-order valence-electron chi connectivity index (χ4n) is 3.40. The van der Waals surface area contributed by atoms with Crippen LogP contribution in [0, 0.1) is 6.92 Å². The maximum absolute atomic E-state index is 13.4. The third-order valence-electron chi connectivity index (χ3n) is 5.03. The lowest BCUT2D eigenvalue weighted by molar-refractivity contribution is 0.0782. The molecule has 30 heavy (non-hydrogen) atoms. The number of aromatic nitrogens is 5. The molecule has 0 bridgehead atoms. The summed E-state index contributed by atoms with van der Waals surface area (Å²) in [5.41, 5.74) is 9.32. The van der Waals surface area contributed by atoms with Gasteiger partial charge in [-0.1, -0.05) is 12.1 Å². The number of benzene rings is 1. The number of amides is 1. The molecule has 152 valence electrons. The van der Waals surface area contributed by atoms with E-state index in [-0.39, 0.29) is 11.9 Å². The summed E-state index contributed by atoms with van der Waals surface area (Å²) < 4.78 is 2.02. The molecular formula is C22H23N7O. The molecule has 0 radical (unpaired) electrons. The van der Waals surface area contributed by atoms with Crippen molar-refractivity contribution in [1.29, 1.82) is 0 Å². The van der Waals surface area contributed by atoms with Gasteiger partial charge in [0.2, 0.25) is 5.95 Å². The number of pyridine rings is 1. The van der Waals surface area contributed by atoms with Crippen molar-refractivity contribution in [3.05, 3.63) is 66.0 Å². The average Bonchev–Trinajstić information content (AvgIpc) is 3.19. The van der Waals surface area contributed by atoms with Crippen LogP contribution in [0.1, 0.15) is 28.7 Å². The number of carbonyl (C=O) groups is 1. The van der Waals surface area contributed by atoms with Gasteiger partial charge in [0.15, 0.2) is 0 Å². The van der Waals surface area contributed by atoms with Crippen molar-refractivity contribution < 1.29 is 4.79 Å². The fourth-order valence-corrected chi connectivity index (χ4v) is 3.40. The number of hydrogen-bond acceptors (Lipinski definition) is 6. The highest BCUT2D eigenvalue weighted by Gasteiger charge is 2.19. The van der Waals surface area contributed by atoms with Crippen LogP contribution >= 0.6 is 0 Å². The van der Waals surface area contributed by atoms with Gasteiger partial charge in [-0.25, -0.2) is 19.9 Å². The Labute approximate surface area is 174 Å². The molecule has 0 aliphatic rings. The summed E-state index contributed by atoms with van der Waals surface area (Å²) in [6, 6.07) is 7.68. The summed E-state index contributed by atoms with van der Waals surface area (Å²) in [6.45, 7) is 5.26. The number of carbonyl (C=O) groups excluding carboxylic acids is 1. The van der Waals surface area contributed by atoms with Crippen LogP contribution in [0.3, 0.4) is 0 Å². The number of rotatable bonds is 5. The largest absolute Gasteiger partial charge is 0.368 e. The molecule has 0 spiro atoms.